The summed E-state index contributed by atoms with van der Waals surface area (Å²) in [5.74, 6) is 0.335. The van der Waals surface area contributed by atoms with Crippen molar-refractivity contribution in [1.82, 2.24) is 4.57 Å². The minimum atomic E-state index is -0.816. The molecule has 1 aliphatic heterocycles. The number of aromatic nitrogens is 1. The number of fused-ring (bicyclic) bond motifs is 1. The first-order chi connectivity index (χ1) is 23.3. The number of methoxy groups -OCH3 is 1. The van der Waals surface area contributed by atoms with E-state index in [1.807, 2.05) is 48.5 Å². The van der Waals surface area contributed by atoms with Crippen LogP contribution in [0.4, 0.5) is 0 Å². The number of ether oxygens (including phenoxy) is 3. The number of carbonyl (C=O) groups is 1. The van der Waals surface area contributed by atoms with E-state index in [1.165, 1.54) is 23.0 Å². The smallest absolute Gasteiger partial charge is 0.338 e. The Morgan fingerprint density at radius 2 is 1.81 bits per heavy atom. The molecule has 0 amide bonds. The van der Waals surface area contributed by atoms with Crippen LogP contribution in [-0.4, -0.2) is 24.3 Å². The van der Waals surface area contributed by atoms with E-state index in [4.69, 9.17) is 30.8 Å². The molecule has 6 rings (SSSR count). The molecule has 0 unspecified atom stereocenters. The molecule has 0 aliphatic carbocycles. The van der Waals surface area contributed by atoms with Crippen LogP contribution in [-0.2, 0) is 16.1 Å². The van der Waals surface area contributed by atoms with Gasteiger partial charge >= 0.3 is 5.97 Å². The predicted molar refractivity (Wildman–Crippen MR) is 189 cm³/mol. The van der Waals surface area contributed by atoms with Gasteiger partial charge < -0.3 is 14.2 Å². The van der Waals surface area contributed by atoms with Gasteiger partial charge in [0.1, 0.15) is 6.61 Å². The van der Waals surface area contributed by atoms with Crippen molar-refractivity contribution in [3.05, 3.63) is 154 Å². The third kappa shape index (κ3) is 6.58. The number of hydrogen-bond acceptors (Lipinski definition) is 8. The maximum absolute atomic E-state index is 14.3. The maximum Gasteiger partial charge on any atom is 0.338 e. The fourth-order valence-electron chi connectivity index (χ4n) is 5.42. The highest BCUT2D eigenvalue weighted by Crippen LogP contribution is 2.38. The molecule has 1 aliphatic rings. The summed E-state index contributed by atoms with van der Waals surface area (Å²) in [4.78, 5) is 33.2. The van der Waals surface area contributed by atoms with Crippen molar-refractivity contribution in [2.75, 3.05) is 13.7 Å². The van der Waals surface area contributed by atoms with Crippen LogP contribution >= 0.6 is 38.9 Å². The molecule has 0 fully saturated rings. The largest absolute Gasteiger partial charge is 0.493 e. The zero-order valence-electron chi connectivity index (χ0n) is 25.8. The molecule has 0 radical (unpaired) electrons. The SMILES string of the molecule is CCOC(=O)C1=C(c2ccccc2)N=c2s/c(=C\c3cc(Br)c(OCc4ccccc4C#N)c(OC)c3)c(=O)n2[C@@H]1c1ccc(Cl)cc1. The first-order valence-electron chi connectivity index (χ1n) is 14.8. The lowest BCUT2D eigenvalue weighted by Gasteiger charge is -2.25. The van der Waals surface area contributed by atoms with Crippen LogP contribution in [0.15, 0.2) is 111 Å². The summed E-state index contributed by atoms with van der Waals surface area (Å²) >= 11 is 11.0. The Hall–Kier alpha value is -4.95. The van der Waals surface area contributed by atoms with Crippen LogP contribution in [0, 0.1) is 11.3 Å². The third-order valence-electron chi connectivity index (χ3n) is 7.62. The van der Waals surface area contributed by atoms with Gasteiger partial charge in [0.25, 0.3) is 5.56 Å². The molecular formula is C37H27BrClN3O5S. The van der Waals surface area contributed by atoms with Crippen molar-refractivity contribution < 1.29 is 19.0 Å². The summed E-state index contributed by atoms with van der Waals surface area (Å²) in [6, 6.07) is 28.6. The molecule has 0 saturated carbocycles. The molecule has 240 valence electrons. The van der Waals surface area contributed by atoms with Gasteiger partial charge in [0, 0.05) is 16.1 Å². The van der Waals surface area contributed by atoms with E-state index < -0.39 is 12.0 Å². The fraction of sp³-hybridized carbons (Fsp3) is 0.135. The van der Waals surface area contributed by atoms with Crippen LogP contribution in [0.2, 0.25) is 5.02 Å². The number of thiazole rings is 1. The van der Waals surface area contributed by atoms with Crippen LogP contribution in [0.25, 0.3) is 11.8 Å². The Balaban J connectivity index is 1.49. The second-order valence-corrected chi connectivity index (χ2v) is 12.9. The number of nitrogens with zero attached hydrogens (tertiary/aromatic N) is 3. The summed E-state index contributed by atoms with van der Waals surface area (Å²) < 4.78 is 19.8. The lowest BCUT2D eigenvalue weighted by atomic mass is 9.93. The van der Waals surface area contributed by atoms with E-state index in [-0.39, 0.29) is 24.3 Å². The topological polar surface area (TPSA) is 103 Å². The Morgan fingerprint density at radius 3 is 2.52 bits per heavy atom. The van der Waals surface area contributed by atoms with Gasteiger partial charge in [-0.15, -0.1) is 0 Å². The van der Waals surface area contributed by atoms with Crippen molar-refractivity contribution in [2.45, 2.75) is 19.6 Å². The maximum atomic E-state index is 14.3. The fourth-order valence-corrected chi connectivity index (χ4v) is 7.12. The molecule has 48 heavy (non-hydrogen) atoms. The zero-order chi connectivity index (χ0) is 33.8. The van der Waals surface area contributed by atoms with E-state index in [0.29, 0.717) is 52.7 Å². The van der Waals surface area contributed by atoms with E-state index in [2.05, 4.69) is 22.0 Å². The van der Waals surface area contributed by atoms with Gasteiger partial charge in [-0.25, -0.2) is 9.79 Å². The average molecular weight is 741 g/mol. The van der Waals surface area contributed by atoms with Gasteiger partial charge in [0.05, 0.1) is 51.7 Å². The molecule has 5 aromatic rings. The summed E-state index contributed by atoms with van der Waals surface area (Å²) in [6.45, 7) is 2.05. The molecule has 4 aromatic carbocycles. The zero-order valence-corrected chi connectivity index (χ0v) is 28.9. The first kappa shape index (κ1) is 33.0. The van der Waals surface area contributed by atoms with E-state index >= 15 is 0 Å². The van der Waals surface area contributed by atoms with Crippen molar-refractivity contribution in [2.24, 2.45) is 4.99 Å². The summed E-state index contributed by atoms with van der Waals surface area (Å²) in [5.41, 5.74) is 3.71. The Labute approximate surface area is 293 Å². The van der Waals surface area contributed by atoms with Gasteiger partial charge in [-0.2, -0.15) is 5.26 Å². The Kier molecular flexibility index (Phi) is 9.92. The Morgan fingerprint density at radius 1 is 1.08 bits per heavy atom. The first-order valence-corrected chi connectivity index (χ1v) is 16.8. The lowest BCUT2D eigenvalue weighted by Crippen LogP contribution is -2.40. The molecule has 0 saturated heterocycles. The quantitative estimate of drug-likeness (QED) is 0.154. The van der Waals surface area contributed by atoms with Gasteiger partial charge in [-0.05, 0) is 70.4 Å². The van der Waals surface area contributed by atoms with E-state index in [0.717, 1.165) is 11.1 Å². The molecule has 11 heteroatoms. The van der Waals surface area contributed by atoms with Gasteiger partial charge in [-0.1, -0.05) is 83.6 Å². The van der Waals surface area contributed by atoms with Crippen molar-refractivity contribution in [3.8, 4) is 17.6 Å². The number of halogens is 2. The van der Waals surface area contributed by atoms with Crippen LogP contribution in [0.5, 0.6) is 11.5 Å². The van der Waals surface area contributed by atoms with Crippen LogP contribution in [0.1, 0.15) is 40.8 Å². The summed E-state index contributed by atoms with van der Waals surface area (Å²) in [6.07, 6.45) is 1.75. The molecule has 1 atom stereocenters. The van der Waals surface area contributed by atoms with Gasteiger partial charge in [0.15, 0.2) is 16.3 Å². The molecule has 0 N–H and O–H groups in total. The van der Waals surface area contributed by atoms with E-state index in [1.54, 1.807) is 55.5 Å². The monoisotopic (exact) mass is 739 g/mol. The third-order valence-corrected chi connectivity index (χ3v) is 9.44. The normalized spacial score (nSPS) is 14.1. The van der Waals surface area contributed by atoms with Gasteiger partial charge in [-0.3, -0.25) is 9.36 Å². The van der Waals surface area contributed by atoms with Gasteiger partial charge in [0.2, 0.25) is 0 Å². The van der Waals surface area contributed by atoms with Crippen molar-refractivity contribution >= 4 is 56.6 Å². The number of hydrogen-bond donors (Lipinski definition) is 0. The number of benzene rings is 4. The number of carbonyl (C=O) groups excluding carboxylic acids is 1. The van der Waals surface area contributed by atoms with Crippen molar-refractivity contribution in [3.63, 3.8) is 0 Å². The molecule has 2 heterocycles. The van der Waals surface area contributed by atoms with Crippen molar-refractivity contribution in [1.29, 1.82) is 5.26 Å². The average Bonchev–Trinajstić information content (AvgIpc) is 3.41. The Bertz CT molecular complexity index is 2280. The predicted octanol–water partition coefficient (Wildman–Crippen LogP) is 6.81. The highest BCUT2D eigenvalue weighted by molar-refractivity contribution is 9.10. The molecule has 8 nitrogen and oxygen atoms in total. The molecule has 0 bridgehead atoms. The lowest BCUT2D eigenvalue weighted by molar-refractivity contribution is -0.138. The minimum Gasteiger partial charge on any atom is -0.493 e. The summed E-state index contributed by atoms with van der Waals surface area (Å²) in [5, 5.41) is 9.98. The highest BCUT2D eigenvalue weighted by atomic mass is 79.9. The number of nitriles is 1. The van der Waals surface area contributed by atoms with E-state index in [9.17, 15) is 14.9 Å². The second-order valence-electron chi connectivity index (χ2n) is 10.6. The highest BCUT2D eigenvalue weighted by Gasteiger charge is 2.35. The second kappa shape index (κ2) is 14.4. The molecule has 1 aromatic heterocycles. The minimum absolute atomic E-state index is 0.156. The molecular weight excluding hydrogens is 714 g/mol. The van der Waals surface area contributed by atoms with Crippen LogP contribution in [0.3, 0.4) is 0 Å². The summed E-state index contributed by atoms with van der Waals surface area (Å²) in [7, 11) is 1.53. The number of rotatable bonds is 9. The molecule has 0 spiro atoms. The number of esters is 1. The van der Waals surface area contributed by atoms with Crippen LogP contribution < -0.4 is 24.4 Å². The standard InChI is InChI=1S/C37H27BrClN3O5S/c1-3-46-36(44)31-32(23-9-5-4-6-10-23)41-37-42(33(31)24-13-15-27(39)16-14-24)35(43)30(48-37)19-22-17-28(38)34(29(18-22)45-2)47-21-26-12-8-7-11-25(26)20-40/h4-19,33H,3,21H2,1-2H3/b30-19-/t33-/m1/s1.